The number of aliphatic hydroxyl groups is 4. The van der Waals surface area contributed by atoms with E-state index in [9.17, 15) is 15.3 Å². The van der Waals surface area contributed by atoms with Crippen molar-refractivity contribution in [3.05, 3.63) is 24.3 Å². The molecule has 1 fully saturated rings. The molecule has 1 aliphatic rings. The van der Waals surface area contributed by atoms with Crippen molar-refractivity contribution in [1.82, 2.24) is 0 Å². The maximum absolute atomic E-state index is 9.98. The van der Waals surface area contributed by atoms with Crippen LogP contribution in [0.5, 0.6) is 5.75 Å². The lowest BCUT2D eigenvalue weighted by Crippen LogP contribution is -2.61. The summed E-state index contributed by atoms with van der Waals surface area (Å²) in [7, 11) is 1.55. The number of anilines is 1. The summed E-state index contributed by atoms with van der Waals surface area (Å²) < 4.78 is 10.1. The number of methoxy groups -OCH3 is 1. The Bertz CT molecular complexity index is 425. The van der Waals surface area contributed by atoms with E-state index in [1.807, 2.05) is 0 Å². The minimum Gasteiger partial charge on any atom is -0.497 e. The van der Waals surface area contributed by atoms with Crippen molar-refractivity contribution in [2.45, 2.75) is 30.6 Å². The van der Waals surface area contributed by atoms with Gasteiger partial charge in [-0.1, -0.05) is 0 Å². The smallest absolute Gasteiger partial charge is 0.178 e. The average molecular weight is 285 g/mol. The first-order valence-corrected chi connectivity index (χ1v) is 6.28. The zero-order chi connectivity index (χ0) is 14.7. The summed E-state index contributed by atoms with van der Waals surface area (Å²) in [5.41, 5.74) is 0.632. The number of hydrogen-bond acceptors (Lipinski definition) is 7. The van der Waals surface area contributed by atoms with E-state index in [2.05, 4.69) is 5.32 Å². The van der Waals surface area contributed by atoms with E-state index in [4.69, 9.17) is 14.6 Å². The highest BCUT2D eigenvalue weighted by atomic mass is 16.6. The number of benzene rings is 1. The van der Waals surface area contributed by atoms with Crippen molar-refractivity contribution in [2.75, 3.05) is 19.0 Å². The molecule has 0 radical (unpaired) electrons. The first-order valence-electron chi connectivity index (χ1n) is 6.28. The highest BCUT2D eigenvalue weighted by Gasteiger charge is 2.43. The van der Waals surface area contributed by atoms with Crippen molar-refractivity contribution in [3.63, 3.8) is 0 Å². The summed E-state index contributed by atoms with van der Waals surface area (Å²) in [5.74, 6) is 0.678. The van der Waals surface area contributed by atoms with Gasteiger partial charge in [-0.3, -0.25) is 0 Å². The Morgan fingerprint density at radius 3 is 2.35 bits per heavy atom. The Morgan fingerprint density at radius 2 is 1.80 bits per heavy atom. The Morgan fingerprint density at radius 1 is 1.15 bits per heavy atom. The van der Waals surface area contributed by atoms with Crippen LogP contribution in [0, 0.1) is 0 Å². The number of ether oxygens (including phenoxy) is 2. The van der Waals surface area contributed by atoms with Crippen LogP contribution in [0.3, 0.4) is 0 Å². The fraction of sp³-hybridized carbons (Fsp3) is 0.538. The second-order valence-electron chi connectivity index (χ2n) is 4.63. The van der Waals surface area contributed by atoms with Crippen LogP contribution in [0.25, 0.3) is 0 Å². The van der Waals surface area contributed by atoms with E-state index in [1.165, 1.54) is 0 Å². The summed E-state index contributed by atoms with van der Waals surface area (Å²) in [6, 6.07) is 5.96. The van der Waals surface area contributed by atoms with Gasteiger partial charge in [0.05, 0.1) is 13.7 Å². The van der Waals surface area contributed by atoms with Crippen LogP contribution in [-0.4, -0.2) is 64.8 Å². The monoisotopic (exact) mass is 285 g/mol. The number of aliphatic hydroxyl groups excluding tert-OH is 4. The molecule has 1 saturated heterocycles. The molecule has 0 bridgehead atoms. The van der Waals surface area contributed by atoms with Crippen LogP contribution in [0.4, 0.5) is 5.69 Å². The van der Waals surface area contributed by atoms with E-state index in [1.54, 1.807) is 31.4 Å². The molecule has 112 valence electrons. The molecular formula is C13H19NO6. The maximum atomic E-state index is 9.98. The van der Waals surface area contributed by atoms with Crippen molar-refractivity contribution in [2.24, 2.45) is 0 Å². The van der Waals surface area contributed by atoms with Gasteiger partial charge in [-0.2, -0.15) is 0 Å². The Hall–Kier alpha value is -1.38. The lowest BCUT2D eigenvalue weighted by atomic mass is 9.97. The van der Waals surface area contributed by atoms with Crippen LogP contribution in [0.15, 0.2) is 24.3 Å². The minimum atomic E-state index is -1.34. The zero-order valence-corrected chi connectivity index (χ0v) is 11.0. The lowest BCUT2D eigenvalue weighted by molar-refractivity contribution is -0.245. The van der Waals surface area contributed by atoms with Gasteiger partial charge in [0.2, 0.25) is 0 Å². The number of hydrogen-bond donors (Lipinski definition) is 5. The predicted molar refractivity (Wildman–Crippen MR) is 70.4 cm³/mol. The lowest BCUT2D eigenvalue weighted by Gasteiger charge is -2.40. The molecule has 1 heterocycles. The molecule has 1 aromatic carbocycles. The summed E-state index contributed by atoms with van der Waals surface area (Å²) in [6.07, 6.45) is -4.89. The molecule has 20 heavy (non-hydrogen) atoms. The molecule has 0 unspecified atom stereocenters. The Kier molecular flexibility index (Phi) is 4.79. The minimum absolute atomic E-state index is 0.482. The van der Waals surface area contributed by atoms with Gasteiger partial charge in [0.25, 0.3) is 0 Å². The van der Waals surface area contributed by atoms with Crippen LogP contribution in [-0.2, 0) is 4.74 Å². The highest BCUT2D eigenvalue weighted by molar-refractivity contribution is 5.47. The van der Waals surface area contributed by atoms with Crippen molar-refractivity contribution >= 4 is 5.69 Å². The summed E-state index contributed by atoms with van der Waals surface area (Å²) in [6.45, 7) is -0.482. The normalized spacial score (nSPS) is 33.8. The summed E-state index contributed by atoms with van der Waals surface area (Å²) >= 11 is 0. The van der Waals surface area contributed by atoms with Gasteiger partial charge in [0.15, 0.2) is 6.29 Å². The molecule has 0 aromatic heterocycles. The third-order valence-electron chi connectivity index (χ3n) is 3.32. The van der Waals surface area contributed by atoms with Gasteiger partial charge in [-0.15, -0.1) is 0 Å². The second kappa shape index (κ2) is 6.38. The molecule has 5 atom stereocenters. The number of rotatable bonds is 4. The standard InChI is InChI=1S/C13H19NO6/c1-19-8-4-2-7(3-5-8)14-10-12(17)11(16)9(6-15)20-13(10)18/h2-5,9-18H,6H2,1H3/t9-,10-,11-,12-,13-/m1/s1. The summed E-state index contributed by atoms with van der Waals surface area (Å²) in [4.78, 5) is 0. The van der Waals surface area contributed by atoms with Crippen LogP contribution in [0.2, 0.25) is 0 Å². The molecule has 0 spiro atoms. The average Bonchev–Trinajstić information content (AvgIpc) is 2.48. The molecule has 1 aliphatic heterocycles. The fourth-order valence-electron chi connectivity index (χ4n) is 2.13. The van der Waals surface area contributed by atoms with E-state index >= 15 is 0 Å². The van der Waals surface area contributed by atoms with Crippen molar-refractivity contribution in [1.29, 1.82) is 0 Å². The Balaban J connectivity index is 2.07. The molecular weight excluding hydrogens is 266 g/mol. The Labute approximate surface area is 116 Å². The van der Waals surface area contributed by atoms with Gasteiger partial charge < -0.3 is 35.2 Å². The van der Waals surface area contributed by atoms with Crippen LogP contribution in [0.1, 0.15) is 0 Å². The van der Waals surface area contributed by atoms with Gasteiger partial charge in [-0.05, 0) is 24.3 Å². The molecule has 7 heteroatoms. The molecule has 0 aliphatic carbocycles. The fourth-order valence-corrected chi connectivity index (χ4v) is 2.13. The second-order valence-corrected chi connectivity index (χ2v) is 4.63. The third kappa shape index (κ3) is 3.02. The summed E-state index contributed by atoms with van der Waals surface area (Å²) in [5, 5.41) is 41.5. The molecule has 0 amide bonds. The van der Waals surface area contributed by atoms with E-state index < -0.39 is 37.3 Å². The number of nitrogens with one attached hydrogen (secondary N) is 1. The van der Waals surface area contributed by atoms with Crippen molar-refractivity contribution < 1.29 is 29.9 Å². The van der Waals surface area contributed by atoms with Gasteiger partial charge in [0, 0.05) is 5.69 Å². The van der Waals surface area contributed by atoms with Crippen LogP contribution >= 0.6 is 0 Å². The quantitative estimate of drug-likeness (QED) is 0.478. The topological polar surface area (TPSA) is 111 Å². The molecule has 7 nitrogen and oxygen atoms in total. The predicted octanol–water partition coefficient (Wildman–Crippen LogP) is -1.09. The molecule has 1 aromatic rings. The van der Waals surface area contributed by atoms with Gasteiger partial charge >= 0.3 is 0 Å². The van der Waals surface area contributed by atoms with E-state index in [-0.39, 0.29) is 0 Å². The largest absolute Gasteiger partial charge is 0.497 e. The molecule has 2 rings (SSSR count). The zero-order valence-electron chi connectivity index (χ0n) is 11.0. The van der Waals surface area contributed by atoms with E-state index in [0.29, 0.717) is 11.4 Å². The van der Waals surface area contributed by atoms with E-state index in [0.717, 1.165) is 0 Å². The van der Waals surface area contributed by atoms with Gasteiger partial charge in [0.1, 0.15) is 30.1 Å². The van der Waals surface area contributed by atoms with Crippen LogP contribution < -0.4 is 10.1 Å². The SMILES string of the molecule is COc1ccc(N[C@@H]2[C@@H](O)[C@H](O)[C@@H](CO)O[C@H]2O)cc1. The highest BCUT2D eigenvalue weighted by Crippen LogP contribution is 2.24. The van der Waals surface area contributed by atoms with Crippen molar-refractivity contribution in [3.8, 4) is 5.75 Å². The maximum Gasteiger partial charge on any atom is 0.178 e. The first kappa shape index (κ1) is 15.0. The van der Waals surface area contributed by atoms with Gasteiger partial charge in [-0.25, -0.2) is 0 Å². The first-order chi connectivity index (χ1) is 9.56. The molecule has 5 N–H and O–H groups in total. The molecule has 0 saturated carbocycles. The third-order valence-corrected chi connectivity index (χ3v) is 3.32.